The highest BCUT2D eigenvalue weighted by atomic mass is 14.9. The van der Waals surface area contributed by atoms with Crippen molar-refractivity contribution in [1.82, 2.24) is 10.3 Å². The Balaban J connectivity index is 1.50. The van der Waals surface area contributed by atoms with Crippen LogP contribution in [-0.2, 0) is 19.4 Å². The summed E-state index contributed by atoms with van der Waals surface area (Å²) in [5.41, 5.74) is 7.02. The summed E-state index contributed by atoms with van der Waals surface area (Å²) in [6.07, 6.45) is 6.07. The molecule has 1 aromatic heterocycles. The number of fused-ring (bicyclic) bond motifs is 3. The summed E-state index contributed by atoms with van der Waals surface area (Å²) in [5, 5.41) is 5.18. The van der Waals surface area contributed by atoms with Crippen molar-refractivity contribution in [3.63, 3.8) is 0 Å². The van der Waals surface area contributed by atoms with Gasteiger partial charge in [0.05, 0.1) is 0 Å². The predicted octanol–water partition coefficient (Wildman–Crippen LogP) is 5.29. The number of aromatic amines is 1. The van der Waals surface area contributed by atoms with E-state index in [-0.39, 0.29) is 0 Å². The third kappa shape index (κ3) is 2.99. The number of para-hydroxylation sites is 1. The van der Waals surface area contributed by atoms with Crippen LogP contribution in [0.2, 0.25) is 0 Å². The van der Waals surface area contributed by atoms with Gasteiger partial charge in [-0.15, -0.1) is 0 Å². The molecule has 0 fully saturated rings. The Morgan fingerprint density at radius 2 is 1.83 bits per heavy atom. The molecule has 0 spiro atoms. The van der Waals surface area contributed by atoms with E-state index in [2.05, 4.69) is 65.8 Å². The van der Waals surface area contributed by atoms with E-state index in [1.807, 2.05) is 0 Å². The maximum Gasteiger partial charge on any atom is 0.0478 e. The van der Waals surface area contributed by atoms with Gasteiger partial charge in [-0.3, -0.25) is 0 Å². The van der Waals surface area contributed by atoms with Gasteiger partial charge in [0.25, 0.3) is 0 Å². The Labute approximate surface area is 144 Å². The lowest BCUT2D eigenvalue weighted by Gasteiger charge is -2.24. The summed E-state index contributed by atoms with van der Waals surface area (Å²) >= 11 is 0. The molecule has 24 heavy (non-hydrogen) atoms. The fourth-order valence-electron chi connectivity index (χ4n) is 3.97. The van der Waals surface area contributed by atoms with E-state index < -0.39 is 0 Å². The van der Waals surface area contributed by atoms with E-state index in [1.54, 1.807) is 0 Å². The van der Waals surface area contributed by atoms with Crippen LogP contribution in [-0.4, -0.2) is 4.98 Å². The van der Waals surface area contributed by atoms with Crippen molar-refractivity contribution in [3.8, 4) is 0 Å². The van der Waals surface area contributed by atoms with Crippen molar-refractivity contribution >= 4 is 10.9 Å². The topological polar surface area (TPSA) is 27.8 Å². The van der Waals surface area contributed by atoms with E-state index in [0.717, 1.165) is 6.54 Å². The van der Waals surface area contributed by atoms with Crippen molar-refractivity contribution < 1.29 is 0 Å². The smallest absolute Gasteiger partial charge is 0.0478 e. The molecule has 1 aliphatic carbocycles. The number of H-pyrrole nitrogens is 1. The van der Waals surface area contributed by atoms with Crippen LogP contribution in [0.5, 0.6) is 0 Å². The quantitative estimate of drug-likeness (QED) is 0.657. The highest BCUT2D eigenvalue weighted by molar-refractivity contribution is 5.85. The second-order valence-corrected chi connectivity index (χ2v) is 6.96. The molecule has 1 heterocycles. The van der Waals surface area contributed by atoms with Gasteiger partial charge < -0.3 is 10.3 Å². The number of hydrogen-bond donors (Lipinski definition) is 2. The first-order valence-electron chi connectivity index (χ1n) is 9.26. The van der Waals surface area contributed by atoms with Crippen LogP contribution in [0, 0.1) is 0 Å². The molecule has 2 heteroatoms. The van der Waals surface area contributed by atoms with Crippen molar-refractivity contribution in [3.05, 3.63) is 70.9 Å². The van der Waals surface area contributed by atoms with E-state index in [9.17, 15) is 0 Å². The number of aryl methyl sites for hydroxylation is 2. The summed E-state index contributed by atoms with van der Waals surface area (Å²) in [7, 11) is 0. The Hall–Kier alpha value is -2.06. The fraction of sp³-hybridized carbons (Fsp3) is 0.364. The lowest BCUT2D eigenvalue weighted by molar-refractivity contribution is 0.452. The van der Waals surface area contributed by atoms with Crippen LogP contribution in [0.15, 0.2) is 48.5 Å². The first kappa shape index (κ1) is 15.5. The van der Waals surface area contributed by atoms with Crippen LogP contribution >= 0.6 is 0 Å². The highest BCUT2D eigenvalue weighted by Gasteiger charge is 2.23. The largest absolute Gasteiger partial charge is 0.357 e. The molecule has 4 rings (SSSR count). The van der Waals surface area contributed by atoms with Crippen LogP contribution in [0.25, 0.3) is 10.9 Å². The average molecular weight is 318 g/mol. The van der Waals surface area contributed by atoms with Gasteiger partial charge in [0, 0.05) is 29.2 Å². The van der Waals surface area contributed by atoms with Crippen LogP contribution in [0.4, 0.5) is 0 Å². The van der Waals surface area contributed by atoms with Gasteiger partial charge in [0.1, 0.15) is 0 Å². The molecular formula is C22H26N2. The summed E-state index contributed by atoms with van der Waals surface area (Å²) in [6.45, 7) is 3.17. The van der Waals surface area contributed by atoms with Gasteiger partial charge >= 0.3 is 0 Å². The highest BCUT2D eigenvalue weighted by Crippen LogP contribution is 2.34. The number of nitrogens with one attached hydrogen (secondary N) is 2. The van der Waals surface area contributed by atoms with Gasteiger partial charge in [0.2, 0.25) is 0 Å². The van der Waals surface area contributed by atoms with E-state index in [4.69, 9.17) is 0 Å². The van der Waals surface area contributed by atoms with Gasteiger partial charge in [0.15, 0.2) is 0 Å². The maximum atomic E-state index is 3.78. The van der Waals surface area contributed by atoms with Gasteiger partial charge in [-0.2, -0.15) is 0 Å². The number of aromatic nitrogens is 1. The molecule has 124 valence electrons. The van der Waals surface area contributed by atoms with Crippen LogP contribution in [0.3, 0.4) is 0 Å². The van der Waals surface area contributed by atoms with Crippen molar-refractivity contribution in [2.75, 3.05) is 0 Å². The predicted molar refractivity (Wildman–Crippen MR) is 101 cm³/mol. The van der Waals surface area contributed by atoms with Crippen molar-refractivity contribution in [2.45, 2.75) is 51.6 Å². The molecule has 0 bridgehead atoms. The van der Waals surface area contributed by atoms with E-state index in [1.165, 1.54) is 65.4 Å². The summed E-state index contributed by atoms with van der Waals surface area (Å²) in [4.78, 5) is 3.67. The Bertz CT molecular complexity index is 814. The third-order valence-electron chi connectivity index (χ3n) is 5.23. The Morgan fingerprint density at radius 3 is 2.67 bits per heavy atom. The monoisotopic (exact) mass is 318 g/mol. The second-order valence-electron chi connectivity index (χ2n) is 6.96. The summed E-state index contributed by atoms with van der Waals surface area (Å²) in [6, 6.07) is 18.2. The number of rotatable bonds is 5. The van der Waals surface area contributed by atoms with Gasteiger partial charge in [-0.1, -0.05) is 55.8 Å². The number of hydrogen-bond acceptors (Lipinski definition) is 1. The molecule has 0 saturated carbocycles. The molecule has 1 unspecified atom stereocenters. The Morgan fingerprint density at radius 1 is 1.04 bits per heavy atom. The van der Waals surface area contributed by atoms with E-state index >= 15 is 0 Å². The summed E-state index contributed by atoms with van der Waals surface area (Å²) < 4.78 is 0. The molecule has 2 N–H and O–H groups in total. The van der Waals surface area contributed by atoms with Crippen molar-refractivity contribution in [2.24, 2.45) is 0 Å². The van der Waals surface area contributed by atoms with Crippen LogP contribution < -0.4 is 5.32 Å². The molecule has 0 radical (unpaired) electrons. The zero-order chi connectivity index (χ0) is 16.4. The van der Waals surface area contributed by atoms with E-state index in [0.29, 0.717) is 6.04 Å². The third-order valence-corrected chi connectivity index (χ3v) is 5.23. The first-order chi connectivity index (χ1) is 11.8. The zero-order valence-corrected chi connectivity index (χ0v) is 14.4. The molecule has 0 aliphatic heterocycles. The molecule has 0 saturated heterocycles. The standard InChI is InChI=1S/C22H26N2/c1-2-6-16-11-13-17(14-12-16)15-23-21-10-5-8-19-18-7-3-4-9-20(18)24-22(19)21/h3-4,7,9,11-14,21,23-24H,2,5-6,8,10,15H2,1H3. The zero-order valence-electron chi connectivity index (χ0n) is 14.4. The molecule has 1 aliphatic rings. The molecule has 0 amide bonds. The lowest BCUT2D eigenvalue weighted by atomic mass is 9.91. The minimum Gasteiger partial charge on any atom is -0.357 e. The molecule has 3 aromatic rings. The molecule has 2 nitrogen and oxygen atoms in total. The Kier molecular flexibility index (Phi) is 4.40. The van der Waals surface area contributed by atoms with Crippen molar-refractivity contribution in [1.29, 1.82) is 0 Å². The average Bonchev–Trinajstić information content (AvgIpc) is 3.01. The molecular weight excluding hydrogens is 292 g/mol. The first-order valence-corrected chi connectivity index (χ1v) is 9.26. The summed E-state index contributed by atoms with van der Waals surface area (Å²) in [5.74, 6) is 0. The minimum absolute atomic E-state index is 0.441. The maximum absolute atomic E-state index is 3.78. The second kappa shape index (κ2) is 6.82. The SMILES string of the molecule is CCCc1ccc(CNC2CCCc3c2[nH]c2ccccc32)cc1. The van der Waals surface area contributed by atoms with Gasteiger partial charge in [-0.25, -0.2) is 0 Å². The lowest BCUT2D eigenvalue weighted by Crippen LogP contribution is -2.24. The van der Waals surface area contributed by atoms with Crippen LogP contribution in [0.1, 0.15) is 54.6 Å². The number of benzene rings is 2. The minimum atomic E-state index is 0.441. The molecule has 1 atom stereocenters. The molecule has 2 aromatic carbocycles. The van der Waals surface area contributed by atoms with Gasteiger partial charge in [-0.05, 0) is 48.4 Å². The fourth-order valence-corrected chi connectivity index (χ4v) is 3.97. The normalized spacial score (nSPS) is 17.1.